The first-order chi connectivity index (χ1) is 9.99. The number of hydrogen-bond donors (Lipinski definition) is 1. The fourth-order valence-corrected chi connectivity index (χ4v) is 2.60. The van der Waals surface area contributed by atoms with Gasteiger partial charge in [0.2, 0.25) is 0 Å². The second-order valence-electron chi connectivity index (χ2n) is 6.07. The molecular formula is C17H26N2O2. The van der Waals surface area contributed by atoms with Crippen molar-refractivity contribution in [3.05, 3.63) is 29.8 Å². The highest BCUT2D eigenvalue weighted by molar-refractivity contribution is 5.81. The molecule has 0 bridgehead atoms. The van der Waals surface area contributed by atoms with Crippen LogP contribution in [0.25, 0.3) is 0 Å². The van der Waals surface area contributed by atoms with E-state index in [1.54, 1.807) is 0 Å². The zero-order chi connectivity index (χ0) is 15.4. The standard InChI is InChI=1S/C17H26N2O2/c1-12(2)15-6-5-7-16(10-15)21-14(4)17(20)19-9-8-18-11-13(19)3/h5-7,10,12-14,18H,8-9,11H2,1-4H3/t13-,14?/m0/s1. The van der Waals surface area contributed by atoms with Crippen molar-refractivity contribution >= 4 is 5.91 Å². The molecule has 0 aliphatic carbocycles. The first-order valence-corrected chi connectivity index (χ1v) is 7.77. The molecule has 1 saturated heterocycles. The van der Waals surface area contributed by atoms with Gasteiger partial charge in [0.25, 0.3) is 5.91 Å². The van der Waals surface area contributed by atoms with E-state index in [0.29, 0.717) is 5.92 Å². The summed E-state index contributed by atoms with van der Waals surface area (Å²) in [6.07, 6.45) is -0.451. The lowest BCUT2D eigenvalue weighted by Crippen LogP contribution is -2.55. The Morgan fingerprint density at radius 2 is 2.14 bits per heavy atom. The minimum atomic E-state index is -0.451. The molecule has 1 aromatic carbocycles. The average molecular weight is 290 g/mol. The Kier molecular flexibility index (Phi) is 5.23. The second-order valence-corrected chi connectivity index (χ2v) is 6.07. The largest absolute Gasteiger partial charge is 0.481 e. The number of nitrogens with zero attached hydrogens (tertiary/aromatic N) is 1. The van der Waals surface area contributed by atoms with Gasteiger partial charge in [-0.15, -0.1) is 0 Å². The molecule has 1 heterocycles. The normalized spacial score (nSPS) is 20.4. The zero-order valence-corrected chi connectivity index (χ0v) is 13.4. The number of nitrogens with one attached hydrogen (secondary N) is 1. The number of piperazine rings is 1. The van der Waals surface area contributed by atoms with Crippen LogP contribution in [0.2, 0.25) is 0 Å². The number of hydrogen-bond acceptors (Lipinski definition) is 3. The van der Waals surface area contributed by atoms with E-state index in [2.05, 4.69) is 32.2 Å². The molecule has 21 heavy (non-hydrogen) atoms. The fourth-order valence-electron chi connectivity index (χ4n) is 2.60. The molecule has 2 rings (SSSR count). The number of rotatable bonds is 4. The van der Waals surface area contributed by atoms with Crippen LogP contribution in [0.1, 0.15) is 39.2 Å². The summed E-state index contributed by atoms with van der Waals surface area (Å²) in [4.78, 5) is 14.4. The van der Waals surface area contributed by atoms with Gasteiger partial charge in [-0.25, -0.2) is 0 Å². The van der Waals surface area contributed by atoms with Gasteiger partial charge in [-0.2, -0.15) is 0 Å². The summed E-state index contributed by atoms with van der Waals surface area (Å²) >= 11 is 0. The lowest BCUT2D eigenvalue weighted by atomic mass is 10.0. The third-order valence-electron chi connectivity index (χ3n) is 3.97. The van der Waals surface area contributed by atoms with E-state index < -0.39 is 6.10 Å². The highest BCUT2D eigenvalue weighted by atomic mass is 16.5. The molecular weight excluding hydrogens is 264 g/mol. The van der Waals surface area contributed by atoms with Crippen molar-refractivity contribution in [2.24, 2.45) is 0 Å². The molecule has 4 nitrogen and oxygen atoms in total. The van der Waals surface area contributed by atoms with E-state index in [4.69, 9.17) is 4.74 Å². The first kappa shape index (κ1) is 15.8. The molecule has 0 spiro atoms. The summed E-state index contributed by atoms with van der Waals surface area (Å²) in [7, 11) is 0. The maximum absolute atomic E-state index is 12.5. The average Bonchev–Trinajstić information content (AvgIpc) is 2.47. The molecule has 0 saturated carbocycles. The van der Waals surface area contributed by atoms with Gasteiger partial charge in [-0.3, -0.25) is 4.79 Å². The maximum Gasteiger partial charge on any atom is 0.263 e. The molecule has 1 fully saturated rings. The summed E-state index contributed by atoms with van der Waals surface area (Å²) in [6.45, 7) is 10.6. The molecule has 2 atom stereocenters. The van der Waals surface area contributed by atoms with Crippen LogP contribution in [-0.4, -0.2) is 42.6 Å². The van der Waals surface area contributed by atoms with Crippen LogP contribution in [0.5, 0.6) is 5.75 Å². The molecule has 4 heteroatoms. The number of amides is 1. The van der Waals surface area contributed by atoms with E-state index in [1.165, 1.54) is 5.56 Å². The summed E-state index contributed by atoms with van der Waals surface area (Å²) in [5.74, 6) is 1.29. The summed E-state index contributed by atoms with van der Waals surface area (Å²) in [5, 5.41) is 3.29. The van der Waals surface area contributed by atoms with E-state index in [1.807, 2.05) is 30.0 Å². The Morgan fingerprint density at radius 3 is 2.81 bits per heavy atom. The Bertz CT molecular complexity index is 487. The van der Waals surface area contributed by atoms with Crippen LogP contribution in [-0.2, 0) is 4.79 Å². The van der Waals surface area contributed by atoms with Crippen LogP contribution >= 0.6 is 0 Å². The number of benzene rings is 1. The van der Waals surface area contributed by atoms with Crippen molar-refractivity contribution in [2.45, 2.75) is 45.8 Å². The maximum atomic E-state index is 12.5. The van der Waals surface area contributed by atoms with Crippen LogP contribution in [0.4, 0.5) is 0 Å². The quantitative estimate of drug-likeness (QED) is 0.926. The van der Waals surface area contributed by atoms with Crippen LogP contribution in [0.15, 0.2) is 24.3 Å². The van der Waals surface area contributed by atoms with E-state index >= 15 is 0 Å². The molecule has 1 aromatic rings. The Hall–Kier alpha value is -1.55. The minimum Gasteiger partial charge on any atom is -0.481 e. The zero-order valence-electron chi connectivity index (χ0n) is 13.4. The van der Waals surface area contributed by atoms with E-state index in [0.717, 1.165) is 25.4 Å². The molecule has 1 N–H and O–H groups in total. The summed E-state index contributed by atoms with van der Waals surface area (Å²) < 4.78 is 5.86. The Labute approximate surface area is 127 Å². The van der Waals surface area contributed by atoms with Crippen molar-refractivity contribution in [1.82, 2.24) is 10.2 Å². The molecule has 1 unspecified atom stereocenters. The third kappa shape index (κ3) is 3.97. The van der Waals surface area contributed by atoms with Gasteiger partial charge in [0.15, 0.2) is 6.10 Å². The Balaban J connectivity index is 2.01. The molecule has 0 radical (unpaired) electrons. The second kappa shape index (κ2) is 6.94. The predicted molar refractivity (Wildman–Crippen MR) is 84.7 cm³/mol. The van der Waals surface area contributed by atoms with Gasteiger partial charge in [0.1, 0.15) is 5.75 Å². The first-order valence-electron chi connectivity index (χ1n) is 7.77. The van der Waals surface area contributed by atoms with Gasteiger partial charge in [-0.1, -0.05) is 26.0 Å². The van der Waals surface area contributed by atoms with Crippen molar-refractivity contribution in [1.29, 1.82) is 0 Å². The lowest BCUT2D eigenvalue weighted by Gasteiger charge is -2.35. The van der Waals surface area contributed by atoms with Gasteiger partial charge < -0.3 is 15.0 Å². The fraction of sp³-hybridized carbons (Fsp3) is 0.588. The molecule has 116 valence electrons. The summed E-state index contributed by atoms with van der Waals surface area (Å²) in [6, 6.07) is 8.23. The Morgan fingerprint density at radius 1 is 1.38 bits per heavy atom. The third-order valence-corrected chi connectivity index (χ3v) is 3.97. The van der Waals surface area contributed by atoms with Crippen molar-refractivity contribution in [3.63, 3.8) is 0 Å². The highest BCUT2D eigenvalue weighted by Gasteiger charge is 2.27. The monoisotopic (exact) mass is 290 g/mol. The molecule has 1 aliphatic rings. The van der Waals surface area contributed by atoms with Gasteiger partial charge >= 0.3 is 0 Å². The SMILES string of the molecule is CC(Oc1cccc(C(C)C)c1)C(=O)N1CCNC[C@@H]1C. The molecule has 1 amide bonds. The van der Waals surface area contributed by atoms with Gasteiger partial charge in [0, 0.05) is 25.7 Å². The van der Waals surface area contributed by atoms with Crippen LogP contribution < -0.4 is 10.1 Å². The van der Waals surface area contributed by atoms with Crippen LogP contribution in [0, 0.1) is 0 Å². The van der Waals surface area contributed by atoms with Crippen molar-refractivity contribution < 1.29 is 9.53 Å². The van der Waals surface area contributed by atoms with Crippen molar-refractivity contribution in [3.8, 4) is 5.75 Å². The molecule has 0 aromatic heterocycles. The van der Waals surface area contributed by atoms with Crippen LogP contribution in [0.3, 0.4) is 0 Å². The van der Waals surface area contributed by atoms with Gasteiger partial charge in [-0.05, 0) is 37.5 Å². The van der Waals surface area contributed by atoms with Gasteiger partial charge in [0.05, 0.1) is 0 Å². The van der Waals surface area contributed by atoms with E-state index in [-0.39, 0.29) is 11.9 Å². The van der Waals surface area contributed by atoms with E-state index in [9.17, 15) is 4.79 Å². The smallest absolute Gasteiger partial charge is 0.263 e. The topological polar surface area (TPSA) is 41.6 Å². The minimum absolute atomic E-state index is 0.0685. The number of carbonyl (C=O) groups excluding carboxylic acids is 1. The summed E-state index contributed by atoms with van der Waals surface area (Å²) in [5.41, 5.74) is 1.22. The lowest BCUT2D eigenvalue weighted by molar-refractivity contribution is -0.140. The number of ether oxygens (including phenoxy) is 1. The predicted octanol–water partition coefficient (Wildman–Crippen LogP) is 2.40. The molecule has 1 aliphatic heterocycles. The number of carbonyl (C=O) groups is 1. The highest BCUT2D eigenvalue weighted by Crippen LogP contribution is 2.21. The van der Waals surface area contributed by atoms with Crippen molar-refractivity contribution in [2.75, 3.05) is 19.6 Å².